The van der Waals surface area contributed by atoms with E-state index >= 15 is 0 Å². The van der Waals surface area contributed by atoms with Gasteiger partial charge in [-0.3, -0.25) is 9.59 Å². The molecule has 3 atom stereocenters. The number of likely N-dealkylation sites (N-methyl/N-ethyl adjacent to an activating group) is 1. The van der Waals surface area contributed by atoms with Crippen LogP contribution in [-0.2, 0) is 4.79 Å². The lowest BCUT2D eigenvalue weighted by Gasteiger charge is -2.37. The standard InChI is InChI=1S/C27H31N3O4/c1-18-15-30(19(2)17-31)27(33)23-13-21(10-9-20-7-5-4-6-8-20)14-28-25(23)34-24(18)16-29(3)26(32)22-11-12-22/h4-8,13-14,18-19,22,24,31H,11-12,15-17H2,1-3H3/t18-,19+,24-/m0/s1. The Morgan fingerprint density at radius 3 is 2.65 bits per heavy atom. The van der Waals surface area contributed by atoms with Crippen LogP contribution in [0.5, 0.6) is 5.88 Å². The number of aromatic nitrogens is 1. The zero-order chi connectivity index (χ0) is 24.2. The quantitative estimate of drug-likeness (QED) is 0.692. The average molecular weight is 462 g/mol. The molecule has 1 aliphatic heterocycles. The molecule has 0 saturated heterocycles. The summed E-state index contributed by atoms with van der Waals surface area (Å²) in [4.78, 5) is 33.8. The Bertz CT molecular complexity index is 1100. The van der Waals surface area contributed by atoms with E-state index in [9.17, 15) is 14.7 Å². The zero-order valence-corrected chi connectivity index (χ0v) is 19.9. The number of ether oxygens (including phenoxy) is 1. The number of rotatable bonds is 5. The van der Waals surface area contributed by atoms with Crippen LogP contribution in [0.25, 0.3) is 0 Å². The largest absolute Gasteiger partial charge is 0.472 e. The molecule has 0 unspecified atom stereocenters. The molecule has 2 aromatic rings. The van der Waals surface area contributed by atoms with Crippen molar-refractivity contribution in [2.45, 2.75) is 38.8 Å². The molecule has 7 nitrogen and oxygen atoms in total. The van der Waals surface area contributed by atoms with Gasteiger partial charge >= 0.3 is 0 Å². The fourth-order valence-electron chi connectivity index (χ4n) is 4.06. The van der Waals surface area contributed by atoms with Crippen LogP contribution in [0, 0.1) is 23.7 Å². The first-order chi connectivity index (χ1) is 16.4. The van der Waals surface area contributed by atoms with Crippen molar-refractivity contribution in [2.24, 2.45) is 11.8 Å². The lowest BCUT2D eigenvalue weighted by molar-refractivity contribution is -0.132. The van der Waals surface area contributed by atoms with Gasteiger partial charge in [-0.25, -0.2) is 4.98 Å². The number of pyridine rings is 1. The number of fused-ring (bicyclic) bond motifs is 1. The second-order valence-corrected chi connectivity index (χ2v) is 9.31. The summed E-state index contributed by atoms with van der Waals surface area (Å²) in [6.07, 6.45) is 3.14. The molecule has 2 amide bonds. The summed E-state index contributed by atoms with van der Waals surface area (Å²) in [5, 5.41) is 9.80. The second-order valence-electron chi connectivity index (χ2n) is 9.31. The van der Waals surface area contributed by atoms with Crippen LogP contribution >= 0.6 is 0 Å². The first-order valence-electron chi connectivity index (χ1n) is 11.8. The van der Waals surface area contributed by atoms with E-state index in [4.69, 9.17) is 4.74 Å². The molecule has 7 heteroatoms. The smallest absolute Gasteiger partial charge is 0.259 e. The molecule has 4 rings (SSSR count). The molecule has 1 aliphatic carbocycles. The van der Waals surface area contributed by atoms with Gasteiger partial charge in [-0.1, -0.05) is 37.0 Å². The summed E-state index contributed by atoms with van der Waals surface area (Å²) in [6.45, 7) is 4.46. The molecule has 0 radical (unpaired) electrons. The maximum absolute atomic E-state index is 13.5. The third-order valence-electron chi connectivity index (χ3n) is 6.40. The van der Waals surface area contributed by atoms with Crippen molar-refractivity contribution in [1.29, 1.82) is 0 Å². The molecule has 1 saturated carbocycles. The molecule has 1 fully saturated rings. The number of aliphatic hydroxyl groups excluding tert-OH is 1. The molecule has 0 spiro atoms. The first kappa shape index (κ1) is 23.8. The van der Waals surface area contributed by atoms with Crippen LogP contribution in [0.4, 0.5) is 0 Å². The van der Waals surface area contributed by atoms with Crippen molar-refractivity contribution in [1.82, 2.24) is 14.8 Å². The van der Waals surface area contributed by atoms with Gasteiger partial charge in [-0.15, -0.1) is 0 Å². The van der Waals surface area contributed by atoms with Crippen LogP contribution in [0.2, 0.25) is 0 Å². The minimum atomic E-state index is -0.369. The molecule has 1 N–H and O–H groups in total. The molecular formula is C27H31N3O4. The lowest BCUT2D eigenvalue weighted by atomic mass is 9.99. The van der Waals surface area contributed by atoms with Crippen LogP contribution in [-0.4, -0.2) is 70.6 Å². The highest BCUT2D eigenvalue weighted by Crippen LogP contribution is 2.32. The van der Waals surface area contributed by atoms with Crippen LogP contribution in [0.1, 0.15) is 48.2 Å². The molecule has 1 aromatic carbocycles. The predicted molar refractivity (Wildman–Crippen MR) is 128 cm³/mol. The van der Waals surface area contributed by atoms with Crippen molar-refractivity contribution in [3.05, 3.63) is 59.3 Å². The van der Waals surface area contributed by atoms with Gasteiger partial charge in [0.05, 0.1) is 19.2 Å². The number of hydrogen-bond acceptors (Lipinski definition) is 5. The Balaban J connectivity index is 1.66. The molecule has 0 bridgehead atoms. The average Bonchev–Trinajstić information content (AvgIpc) is 3.70. The fraction of sp³-hybridized carbons (Fsp3) is 0.444. The van der Waals surface area contributed by atoms with Gasteiger partial charge in [-0.2, -0.15) is 0 Å². The lowest BCUT2D eigenvalue weighted by Crippen LogP contribution is -2.50. The second kappa shape index (κ2) is 10.3. The maximum Gasteiger partial charge on any atom is 0.259 e. The third kappa shape index (κ3) is 5.40. The van der Waals surface area contributed by atoms with Gasteiger partial charge in [0.2, 0.25) is 11.8 Å². The molecule has 178 valence electrons. The molecule has 2 heterocycles. The number of carbonyl (C=O) groups is 2. The number of aliphatic hydroxyl groups is 1. The minimum absolute atomic E-state index is 0.0695. The van der Waals surface area contributed by atoms with Gasteiger partial charge in [0.15, 0.2) is 0 Å². The van der Waals surface area contributed by atoms with Crippen LogP contribution < -0.4 is 4.74 Å². The van der Waals surface area contributed by atoms with E-state index in [2.05, 4.69) is 16.8 Å². The topological polar surface area (TPSA) is 83.0 Å². The van der Waals surface area contributed by atoms with E-state index in [1.54, 1.807) is 29.1 Å². The summed E-state index contributed by atoms with van der Waals surface area (Å²) in [6, 6.07) is 10.9. The Hall–Kier alpha value is -3.37. The summed E-state index contributed by atoms with van der Waals surface area (Å²) in [5.74, 6) is 6.33. The van der Waals surface area contributed by atoms with Crippen molar-refractivity contribution in [3.63, 3.8) is 0 Å². The van der Waals surface area contributed by atoms with Crippen molar-refractivity contribution < 1.29 is 19.4 Å². The Morgan fingerprint density at radius 2 is 1.97 bits per heavy atom. The Labute approximate surface area is 200 Å². The maximum atomic E-state index is 13.5. The van der Waals surface area contributed by atoms with Gasteiger partial charge in [-0.05, 0) is 38.0 Å². The predicted octanol–water partition coefficient (Wildman–Crippen LogP) is 2.57. The van der Waals surface area contributed by atoms with Crippen LogP contribution in [0.3, 0.4) is 0 Å². The summed E-state index contributed by atoms with van der Waals surface area (Å²) in [5.41, 5.74) is 1.78. The number of hydrogen-bond donors (Lipinski definition) is 1. The van der Waals surface area contributed by atoms with E-state index in [0.717, 1.165) is 18.4 Å². The van der Waals surface area contributed by atoms with E-state index in [1.165, 1.54) is 0 Å². The van der Waals surface area contributed by atoms with Crippen molar-refractivity contribution >= 4 is 11.8 Å². The third-order valence-corrected chi connectivity index (χ3v) is 6.40. The van der Waals surface area contributed by atoms with Gasteiger partial charge in [0.1, 0.15) is 11.7 Å². The van der Waals surface area contributed by atoms with Crippen molar-refractivity contribution in [2.75, 3.05) is 26.7 Å². The monoisotopic (exact) mass is 461 g/mol. The molecular weight excluding hydrogens is 430 g/mol. The van der Waals surface area contributed by atoms with E-state index in [-0.39, 0.29) is 48.3 Å². The first-order valence-corrected chi connectivity index (χ1v) is 11.8. The SMILES string of the molecule is C[C@H](CO)N1C[C@H](C)[C@H](CN(C)C(=O)C2CC2)Oc2ncc(C#Cc3ccccc3)cc2C1=O. The minimum Gasteiger partial charge on any atom is -0.472 e. The van der Waals surface area contributed by atoms with E-state index < -0.39 is 0 Å². The zero-order valence-electron chi connectivity index (χ0n) is 19.9. The summed E-state index contributed by atoms with van der Waals surface area (Å²) >= 11 is 0. The molecule has 2 aliphatic rings. The van der Waals surface area contributed by atoms with Crippen molar-refractivity contribution in [3.8, 4) is 17.7 Å². The summed E-state index contributed by atoms with van der Waals surface area (Å²) < 4.78 is 6.26. The Kier molecular flexibility index (Phi) is 7.18. The highest BCUT2D eigenvalue weighted by atomic mass is 16.5. The molecule has 34 heavy (non-hydrogen) atoms. The molecule has 1 aromatic heterocycles. The summed E-state index contributed by atoms with van der Waals surface area (Å²) in [7, 11) is 1.80. The van der Waals surface area contributed by atoms with Gasteiger partial charge in [0, 0.05) is 42.8 Å². The normalized spacial score (nSPS) is 20.7. The number of benzene rings is 1. The van der Waals surface area contributed by atoms with E-state index in [0.29, 0.717) is 24.2 Å². The van der Waals surface area contributed by atoms with Gasteiger partial charge < -0.3 is 19.6 Å². The van der Waals surface area contributed by atoms with Gasteiger partial charge in [0.25, 0.3) is 5.91 Å². The number of carbonyl (C=O) groups excluding carboxylic acids is 2. The Morgan fingerprint density at radius 1 is 1.26 bits per heavy atom. The van der Waals surface area contributed by atoms with Crippen LogP contribution in [0.15, 0.2) is 42.6 Å². The number of nitrogens with zero attached hydrogens (tertiary/aromatic N) is 3. The highest BCUT2D eigenvalue weighted by molar-refractivity contribution is 5.97. The highest BCUT2D eigenvalue weighted by Gasteiger charge is 2.37. The number of amides is 2. The van der Waals surface area contributed by atoms with E-state index in [1.807, 2.05) is 44.2 Å². The fourth-order valence-corrected chi connectivity index (χ4v) is 4.06.